The van der Waals surface area contributed by atoms with E-state index in [0.29, 0.717) is 0 Å². The molecule has 2 aromatic rings. The van der Waals surface area contributed by atoms with Gasteiger partial charge in [-0.1, -0.05) is 37.6 Å². The van der Waals surface area contributed by atoms with Crippen LogP contribution in [0.25, 0.3) is 0 Å². The Hall–Kier alpha value is -0.640. The van der Waals surface area contributed by atoms with Gasteiger partial charge >= 0.3 is 0 Å². The molecule has 90 valence electrons. The van der Waals surface area contributed by atoms with Crippen LogP contribution in [0, 0.1) is 0 Å². The molecule has 2 rings (SSSR count). The maximum Gasteiger partial charge on any atom is 0.113 e. The quantitative estimate of drug-likeness (QED) is 0.878. The summed E-state index contributed by atoms with van der Waals surface area (Å²) in [5.74, 6) is 0. The first kappa shape index (κ1) is 12.8. The number of hydrogen-bond donors (Lipinski definition) is 1. The van der Waals surface area contributed by atoms with E-state index < -0.39 is 6.10 Å². The van der Waals surface area contributed by atoms with Gasteiger partial charge in [-0.15, -0.1) is 11.3 Å². The van der Waals surface area contributed by atoms with Gasteiger partial charge in [-0.2, -0.15) is 0 Å². The van der Waals surface area contributed by atoms with Crippen LogP contribution >= 0.6 is 27.3 Å². The second kappa shape index (κ2) is 5.80. The Balaban J connectivity index is 2.16. The van der Waals surface area contributed by atoms with Gasteiger partial charge in [-0.05, 0) is 39.5 Å². The van der Waals surface area contributed by atoms with Gasteiger partial charge in [0.1, 0.15) is 6.10 Å². The van der Waals surface area contributed by atoms with Crippen LogP contribution < -0.4 is 0 Å². The Morgan fingerprint density at radius 3 is 2.53 bits per heavy atom. The Morgan fingerprint density at radius 2 is 2.00 bits per heavy atom. The van der Waals surface area contributed by atoms with Crippen molar-refractivity contribution in [2.24, 2.45) is 0 Å². The zero-order chi connectivity index (χ0) is 12.3. The predicted octanol–water partition coefficient (Wildman–Crippen LogP) is 4.54. The molecule has 1 aromatic carbocycles. The van der Waals surface area contributed by atoms with E-state index >= 15 is 0 Å². The van der Waals surface area contributed by atoms with Crippen LogP contribution in [0.5, 0.6) is 0 Å². The summed E-state index contributed by atoms with van der Waals surface area (Å²) in [5.41, 5.74) is 2.29. The Labute approximate surface area is 114 Å². The highest BCUT2D eigenvalue weighted by Gasteiger charge is 2.12. The van der Waals surface area contributed by atoms with Gasteiger partial charge in [0.2, 0.25) is 0 Å². The number of aliphatic hydroxyl groups excluding tert-OH is 1. The average molecular weight is 311 g/mol. The normalized spacial score (nSPS) is 12.6. The van der Waals surface area contributed by atoms with E-state index in [1.54, 1.807) is 11.3 Å². The van der Waals surface area contributed by atoms with Crippen LogP contribution in [-0.2, 0) is 6.42 Å². The van der Waals surface area contributed by atoms with Crippen LogP contribution in [-0.4, -0.2) is 5.11 Å². The second-order valence-electron chi connectivity index (χ2n) is 4.06. The van der Waals surface area contributed by atoms with E-state index in [1.807, 2.05) is 23.6 Å². The molecule has 0 aliphatic rings. The highest BCUT2D eigenvalue weighted by molar-refractivity contribution is 9.10. The molecular weight excluding hydrogens is 296 g/mol. The molecule has 3 heteroatoms. The third-order valence-electron chi connectivity index (χ3n) is 2.69. The minimum atomic E-state index is -0.512. The number of halogens is 1. The number of hydrogen-bond acceptors (Lipinski definition) is 2. The van der Waals surface area contributed by atoms with Crippen molar-refractivity contribution >= 4 is 27.3 Å². The summed E-state index contributed by atoms with van der Waals surface area (Å²) in [7, 11) is 0. The number of benzene rings is 1. The lowest BCUT2D eigenvalue weighted by atomic mass is 10.0. The van der Waals surface area contributed by atoms with Crippen molar-refractivity contribution in [3.8, 4) is 0 Å². The van der Waals surface area contributed by atoms with Crippen LogP contribution in [0.4, 0.5) is 0 Å². The molecule has 0 saturated heterocycles. The smallest absolute Gasteiger partial charge is 0.113 e. The highest BCUT2D eigenvalue weighted by atomic mass is 79.9. The Morgan fingerprint density at radius 1 is 1.29 bits per heavy atom. The first-order valence-corrected chi connectivity index (χ1v) is 7.39. The lowest BCUT2D eigenvalue weighted by Crippen LogP contribution is -1.97. The lowest BCUT2D eigenvalue weighted by molar-refractivity contribution is 0.224. The third kappa shape index (κ3) is 3.18. The first-order valence-electron chi connectivity index (χ1n) is 5.71. The summed E-state index contributed by atoms with van der Waals surface area (Å²) in [6, 6.07) is 10.2. The standard InChI is InChI=1S/C14H15BrOS/c1-2-3-10-4-6-11(7-5-10)14(16)13-8-12(15)9-17-13/h4-9,14,16H,2-3H2,1H3. The Bertz CT molecular complexity index is 475. The monoisotopic (exact) mass is 310 g/mol. The highest BCUT2D eigenvalue weighted by Crippen LogP contribution is 2.30. The van der Waals surface area contributed by atoms with E-state index in [-0.39, 0.29) is 0 Å². The van der Waals surface area contributed by atoms with E-state index in [1.165, 1.54) is 5.56 Å². The van der Waals surface area contributed by atoms with Gasteiger partial charge in [0.15, 0.2) is 0 Å². The van der Waals surface area contributed by atoms with Crippen molar-refractivity contribution in [3.63, 3.8) is 0 Å². The van der Waals surface area contributed by atoms with Crippen molar-refractivity contribution in [3.05, 3.63) is 56.2 Å². The molecule has 1 nitrogen and oxygen atoms in total. The van der Waals surface area contributed by atoms with Crippen molar-refractivity contribution in [1.82, 2.24) is 0 Å². The maximum absolute atomic E-state index is 10.2. The van der Waals surface area contributed by atoms with E-state index in [9.17, 15) is 5.11 Å². The summed E-state index contributed by atoms with van der Waals surface area (Å²) < 4.78 is 1.03. The molecule has 1 heterocycles. The summed E-state index contributed by atoms with van der Waals surface area (Å²) in [6.07, 6.45) is 1.74. The summed E-state index contributed by atoms with van der Waals surface area (Å²) in [6.45, 7) is 2.17. The topological polar surface area (TPSA) is 20.2 Å². The zero-order valence-electron chi connectivity index (χ0n) is 9.69. The lowest BCUT2D eigenvalue weighted by Gasteiger charge is -2.09. The van der Waals surface area contributed by atoms with Gasteiger partial charge in [0.05, 0.1) is 0 Å². The Kier molecular flexibility index (Phi) is 4.37. The fourth-order valence-corrected chi connectivity index (χ4v) is 3.25. The van der Waals surface area contributed by atoms with Crippen molar-refractivity contribution in [2.45, 2.75) is 25.9 Å². The number of aliphatic hydroxyl groups is 1. The van der Waals surface area contributed by atoms with Gasteiger partial charge in [-0.25, -0.2) is 0 Å². The van der Waals surface area contributed by atoms with Gasteiger partial charge in [-0.3, -0.25) is 0 Å². The molecule has 17 heavy (non-hydrogen) atoms. The van der Waals surface area contributed by atoms with E-state index in [0.717, 1.165) is 27.8 Å². The fourth-order valence-electron chi connectivity index (χ4n) is 1.79. The molecule has 0 amide bonds. The van der Waals surface area contributed by atoms with E-state index in [2.05, 4.69) is 35.0 Å². The van der Waals surface area contributed by atoms with Crippen molar-refractivity contribution in [1.29, 1.82) is 0 Å². The molecule has 0 radical (unpaired) electrons. The molecule has 0 spiro atoms. The van der Waals surface area contributed by atoms with Crippen LogP contribution in [0.3, 0.4) is 0 Å². The molecule has 0 saturated carbocycles. The second-order valence-corrected chi connectivity index (χ2v) is 5.92. The molecule has 1 N–H and O–H groups in total. The van der Waals surface area contributed by atoms with Crippen molar-refractivity contribution < 1.29 is 5.11 Å². The molecule has 0 fully saturated rings. The average Bonchev–Trinajstić information content (AvgIpc) is 2.76. The maximum atomic E-state index is 10.2. The summed E-state index contributed by atoms with van der Waals surface area (Å²) in [4.78, 5) is 0.972. The van der Waals surface area contributed by atoms with Crippen LogP contribution in [0.1, 0.15) is 35.5 Å². The minimum absolute atomic E-state index is 0.512. The van der Waals surface area contributed by atoms with Crippen LogP contribution in [0.2, 0.25) is 0 Å². The molecule has 0 aliphatic carbocycles. The SMILES string of the molecule is CCCc1ccc(C(O)c2cc(Br)cs2)cc1. The predicted molar refractivity (Wildman–Crippen MR) is 76.5 cm³/mol. The summed E-state index contributed by atoms with van der Waals surface area (Å²) in [5, 5.41) is 12.2. The molecular formula is C14H15BrOS. The van der Waals surface area contributed by atoms with Crippen molar-refractivity contribution in [2.75, 3.05) is 0 Å². The fraction of sp³-hybridized carbons (Fsp3) is 0.286. The molecule has 1 unspecified atom stereocenters. The molecule has 1 aromatic heterocycles. The molecule has 0 bridgehead atoms. The molecule has 0 aliphatic heterocycles. The number of thiophene rings is 1. The van der Waals surface area contributed by atoms with Crippen LogP contribution in [0.15, 0.2) is 40.2 Å². The third-order valence-corrected chi connectivity index (χ3v) is 4.44. The number of aryl methyl sites for hydroxylation is 1. The van der Waals surface area contributed by atoms with Gasteiger partial charge in [0, 0.05) is 14.7 Å². The van der Waals surface area contributed by atoms with Gasteiger partial charge < -0.3 is 5.11 Å². The number of rotatable bonds is 4. The summed E-state index contributed by atoms with van der Waals surface area (Å²) >= 11 is 4.97. The first-order chi connectivity index (χ1) is 8.20. The molecule has 1 atom stereocenters. The van der Waals surface area contributed by atoms with E-state index in [4.69, 9.17) is 0 Å². The minimum Gasteiger partial charge on any atom is -0.383 e. The van der Waals surface area contributed by atoms with Gasteiger partial charge in [0.25, 0.3) is 0 Å². The largest absolute Gasteiger partial charge is 0.383 e. The zero-order valence-corrected chi connectivity index (χ0v) is 12.1.